The van der Waals surface area contributed by atoms with E-state index < -0.39 is 14.4 Å². The van der Waals surface area contributed by atoms with Crippen molar-refractivity contribution in [1.82, 2.24) is 0 Å². The number of benzene rings is 1. The van der Waals surface area contributed by atoms with Gasteiger partial charge < -0.3 is 0 Å². The van der Waals surface area contributed by atoms with Gasteiger partial charge in [-0.3, -0.25) is 4.79 Å². The molecule has 1 aromatic rings. The van der Waals surface area contributed by atoms with Gasteiger partial charge in [0.2, 0.25) is 0 Å². The molecule has 1 rings (SSSR count). The molecule has 0 saturated carbocycles. The normalized spacial score (nSPS) is 13.4. The van der Waals surface area contributed by atoms with Crippen LogP contribution < -0.4 is 0 Å². The van der Waals surface area contributed by atoms with E-state index in [1.165, 1.54) is 0 Å². The van der Waals surface area contributed by atoms with Crippen LogP contribution in [0.5, 0.6) is 0 Å². The Morgan fingerprint density at radius 3 is 2.31 bits per heavy atom. The summed E-state index contributed by atoms with van der Waals surface area (Å²) in [4.78, 5) is 12.0. The summed E-state index contributed by atoms with van der Waals surface area (Å²) in [5, 5.41) is 0. The van der Waals surface area contributed by atoms with Crippen molar-refractivity contribution in [2.24, 2.45) is 0 Å². The number of thioether (sulfide) groups is 1. The molecule has 1 unspecified atom stereocenters. The molecule has 0 aliphatic rings. The van der Waals surface area contributed by atoms with E-state index in [4.69, 9.17) is 0 Å². The lowest BCUT2D eigenvalue weighted by Crippen LogP contribution is -2.26. The maximum Gasteiger partial charge on any atom is 0.191 e. The Labute approximate surface area is 100 Å². The monoisotopic (exact) mass is 258 g/mol. The van der Waals surface area contributed by atoms with E-state index in [1.807, 2.05) is 6.92 Å². The maximum atomic E-state index is 12.0. The second kappa shape index (κ2) is 5.50. The summed E-state index contributed by atoms with van der Waals surface area (Å²) >= 11 is 1.15. The predicted octanol–water partition coefficient (Wildman–Crippen LogP) is 1.99. The van der Waals surface area contributed by atoms with Crippen LogP contribution in [-0.4, -0.2) is 30.8 Å². The zero-order valence-electron chi connectivity index (χ0n) is 9.21. The Kier molecular flexibility index (Phi) is 4.56. The van der Waals surface area contributed by atoms with Gasteiger partial charge in [-0.2, -0.15) is 0 Å². The molecular weight excluding hydrogens is 244 g/mol. The van der Waals surface area contributed by atoms with E-state index in [0.29, 0.717) is 11.3 Å². The molecule has 0 spiro atoms. The summed E-state index contributed by atoms with van der Waals surface area (Å²) in [6, 6.07) is 8.51. The molecule has 0 bridgehead atoms. The van der Waals surface area contributed by atoms with Crippen LogP contribution >= 0.6 is 11.8 Å². The molecule has 0 fully saturated rings. The average molecular weight is 258 g/mol. The molecule has 16 heavy (non-hydrogen) atoms. The third-order valence-electron chi connectivity index (χ3n) is 1.98. The molecule has 88 valence electrons. The van der Waals surface area contributed by atoms with Crippen LogP contribution in [0.15, 0.2) is 30.3 Å². The molecule has 5 heteroatoms. The van der Waals surface area contributed by atoms with E-state index in [-0.39, 0.29) is 5.78 Å². The Morgan fingerprint density at radius 2 is 1.88 bits per heavy atom. The fourth-order valence-electron chi connectivity index (χ4n) is 1.28. The predicted molar refractivity (Wildman–Crippen MR) is 67.5 cm³/mol. The minimum Gasteiger partial charge on any atom is -0.292 e. The molecule has 0 radical (unpaired) electrons. The van der Waals surface area contributed by atoms with E-state index in [1.54, 1.807) is 30.3 Å². The van der Waals surface area contributed by atoms with Crippen LogP contribution in [0.4, 0.5) is 0 Å². The summed E-state index contributed by atoms with van der Waals surface area (Å²) in [6.07, 6.45) is 1.10. The number of Topliss-reactive ketones (excluding diaryl/α,β-unsaturated/α-hetero) is 1. The van der Waals surface area contributed by atoms with Crippen molar-refractivity contribution in [2.45, 2.75) is 11.5 Å². The molecule has 0 heterocycles. The van der Waals surface area contributed by atoms with Gasteiger partial charge in [0.15, 0.2) is 20.2 Å². The van der Waals surface area contributed by atoms with Crippen molar-refractivity contribution >= 4 is 27.4 Å². The first kappa shape index (κ1) is 13.3. The number of hydrogen-bond donors (Lipinski definition) is 0. The van der Waals surface area contributed by atoms with Gasteiger partial charge in [-0.25, -0.2) is 8.42 Å². The van der Waals surface area contributed by atoms with Gasteiger partial charge >= 0.3 is 0 Å². The molecule has 0 N–H and O–H groups in total. The molecule has 1 aromatic carbocycles. The Hall–Kier alpha value is -0.810. The number of rotatable bonds is 5. The molecule has 0 aromatic heterocycles. The van der Waals surface area contributed by atoms with Gasteiger partial charge in [-0.1, -0.05) is 37.3 Å². The zero-order valence-corrected chi connectivity index (χ0v) is 10.8. The third-order valence-corrected chi connectivity index (χ3v) is 5.28. The van der Waals surface area contributed by atoms with Crippen molar-refractivity contribution in [3.8, 4) is 0 Å². The maximum absolute atomic E-state index is 12.0. The first-order valence-electron chi connectivity index (χ1n) is 4.86. The van der Waals surface area contributed by atoms with E-state index in [0.717, 1.165) is 18.0 Å². The van der Waals surface area contributed by atoms with Crippen molar-refractivity contribution in [3.05, 3.63) is 35.9 Å². The lowest BCUT2D eigenvalue weighted by molar-refractivity contribution is 0.101. The zero-order chi connectivity index (χ0) is 12.2. The van der Waals surface area contributed by atoms with Crippen molar-refractivity contribution in [3.63, 3.8) is 0 Å². The highest BCUT2D eigenvalue weighted by Crippen LogP contribution is 2.21. The van der Waals surface area contributed by atoms with Crippen LogP contribution in [0.1, 0.15) is 17.3 Å². The molecule has 1 atom stereocenters. The second-order valence-corrected chi connectivity index (χ2v) is 7.16. The highest BCUT2D eigenvalue weighted by atomic mass is 32.3. The third kappa shape index (κ3) is 3.35. The van der Waals surface area contributed by atoms with Crippen molar-refractivity contribution in [1.29, 1.82) is 0 Å². The lowest BCUT2D eigenvalue weighted by atomic mass is 10.1. The van der Waals surface area contributed by atoms with Crippen LogP contribution in [0.25, 0.3) is 0 Å². The molecule has 0 amide bonds. The number of hydrogen-bond acceptors (Lipinski definition) is 4. The minimum atomic E-state index is -3.36. The van der Waals surface area contributed by atoms with Gasteiger partial charge in [0, 0.05) is 11.8 Å². The first-order valence-corrected chi connectivity index (χ1v) is 7.87. The minimum absolute atomic E-state index is 0.338. The first-order chi connectivity index (χ1) is 7.46. The van der Waals surface area contributed by atoms with Crippen molar-refractivity contribution < 1.29 is 13.2 Å². The molecule has 0 saturated heterocycles. The van der Waals surface area contributed by atoms with Crippen LogP contribution in [0.2, 0.25) is 0 Å². The number of carbonyl (C=O) groups is 1. The van der Waals surface area contributed by atoms with Gasteiger partial charge in [-0.05, 0) is 5.75 Å². The van der Waals surface area contributed by atoms with Gasteiger partial charge in [0.1, 0.15) is 0 Å². The summed E-state index contributed by atoms with van der Waals surface area (Å²) < 4.78 is 22.0. The number of ketones is 1. The fraction of sp³-hybridized carbons (Fsp3) is 0.364. The largest absolute Gasteiger partial charge is 0.292 e. The average Bonchev–Trinajstić information content (AvgIpc) is 2.25. The molecule has 3 nitrogen and oxygen atoms in total. The number of sulfone groups is 1. The molecular formula is C11H14O3S2. The van der Waals surface area contributed by atoms with Crippen LogP contribution in [0, 0.1) is 0 Å². The molecule has 0 aliphatic heterocycles. The standard InChI is InChI=1S/C11H14O3S2/c1-3-15-11(16(2,13)14)10(12)9-7-5-4-6-8-9/h4-8,11H,3H2,1-2H3. The summed E-state index contributed by atoms with van der Waals surface area (Å²) in [7, 11) is -3.36. The quantitative estimate of drug-likeness (QED) is 0.758. The van der Waals surface area contributed by atoms with Crippen molar-refractivity contribution in [2.75, 3.05) is 12.0 Å². The fourth-order valence-corrected chi connectivity index (χ4v) is 3.80. The lowest BCUT2D eigenvalue weighted by Gasteiger charge is -2.12. The number of carbonyl (C=O) groups excluding carboxylic acids is 1. The Balaban J connectivity index is 3.02. The second-order valence-electron chi connectivity index (χ2n) is 3.35. The van der Waals surface area contributed by atoms with E-state index in [9.17, 15) is 13.2 Å². The van der Waals surface area contributed by atoms with Crippen LogP contribution in [0.3, 0.4) is 0 Å². The summed E-state index contributed by atoms with van der Waals surface area (Å²) in [6.45, 7) is 1.83. The Morgan fingerprint density at radius 1 is 1.31 bits per heavy atom. The summed E-state index contributed by atoms with van der Waals surface area (Å²) in [5.74, 6) is 0.256. The SMILES string of the molecule is CCSC(C(=O)c1ccccc1)S(C)(=O)=O. The van der Waals surface area contributed by atoms with Gasteiger partial charge in [0.05, 0.1) is 0 Å². The molecule has 0 aliphatic carbocycles. The van der Waals surface area contributed by atoms with Gasteiger partial charge in [0.25, 0.3) is 0 Å². The van der Waals surface area contributed by atoms with Gasteiger partial charge in [-0.15, -0.1) is 11.8 Å². The van der Waals surface area contributed by atoms with E-state index >= 15 is 0 Å². The smallest absolute Gasteiger partial charge is 0.191 e. The van der Waals surface area contributed by atoms with E-state index in [2.05, 4.69) is 0 Å². The topological polar surface area (TPSA) is 51.2 Å². The summed E-state index contributed by atoms with van der Waals surface area (Å²) in [5.41, 5.74) is 0.443. The Bertz CT molecular complexity index is 451. The highest BCUT2D eigenvalue weighted by molar-refractivity contribution is 8.14. The van der Waals surface area contributed by atoms with Crippen LogP contribution in [-0.2, 0) is 9.84 Å². The highest BCUT2D eigenvalue weighted by Gasteiger charge is 2.29.